The molecule has 0 bridgehead atoms. The third-order valence-corrected chi connectivity index (χ3v) is 15.1. The van der Waals surface area contributed by atoms with Crippen LogP contribution in [0.25, 0.3) is 0 Å². The smallest absolute Gasteiger partial charge is 0.333 e. The number of carboxylic acid groups (broad SMARTS) is 1. The molecule has 3 rings (SSSR count). The normalized spacial score (nSPS) is 18.4. The van der Waals surface area contributed by atoms with Crippen molar-refractivity contribution >= 4 is 71.5 Å². The van der Waals surface area contributed by atoms with E-state index < -0.39 is 122 Å². The Kier molecular flexibility index (Phi) is 37.6. The summed E-state index contributed by atoms with van der Waals surface area (Å²) in [5.74, 6) is -6.80. The number of hydrogen-bond acceptors (Lipinski definition) is 29. The zero-order chi connectivity index (χ0) is 80.4. The van der Waals surface area contributed by atoms with Gasteiger partial charge in [-0.15, -0.1) is 5.06 Å². The van der Waals surface area contributed by atoms with Crippen LogP contribution in [0.15, 0.2) is 0 Å². The summed E-state index contributed by atoms with van der Waals surface area (Å²) >= 11 is 0. The molecule has 2 amide bonds. The van der Waals surface area contributed by atoms with E-state index in [0.717, 1.165) is 0 Å². The fourth-order valence-electron chi connectivity index (χ4n) is 11.0. The molecule has 3 fully saturated rings. The molecule has 31 heteroatoms. The first-order valence-corrected chi connectivity index (χ1v) is 36.7. The van der Waals surface area contributed by atoms with Crippen LogP contribution in [-0.2, 0) is 100 Å². The van der Waals surface area contributed by atoms with Crippen LogP contribution < -0.4 is 0 Å². The zero-order valence-corrected chi connectivity index (χ0v) is 68.0. The predicted molar refractivity (Wildman–Crippen MR) is 389 cm³/mol. The van der Waals surface area contributed by atoms with E-state index in [1.807, 2.05) is 39.2 Å². The summed E-state index contributed by atoms with van der Waals surface area (Å²) < 4.78 is 45.3. The van der Waals surface area contributed by atoms with E-state index in [9.17, 15) is 62.6 Å². The summed E-state index contributed by atoms with van der Waals surface area (Å²) in [6.07, 6.45) is -0.737. The molecule has 2 atom stereocenters. The first-order valence-electron chi connectivity index (χ1n) is 36.7. The number of ether oxygens (including phenoxy) is 8. The van der Waals surface area contributed by atoms with Gasteiger partial charge < -0.3 is 47.8 Å². The number of carboxylic acids is 1. The molecule has 105 heavy (non-hydrogen) atoms. The number of carbonyl (C=O) groups excluding carboxylic acids is 11. The molecule has 0 unspecified atom stereocenters. The number of nitrogens with zero attached hydrogens (tertiary/aromatic N) is 9. The molecule has 3 saturated heterocycles. The fourth-order valence-corrected chi connectivity index (χ4v) is 11.0. The molecule has 3 aliphatic rings. The van der Waals surface area contributed by atoms with Gasteiger partial charge in [-0.2, -0.15) is 0 Å². The molecule has 3 heterocycles. The van der Waals surface area contributed by atoms with Crippen LogP contribution in [0.2, 0.25) is 0 Å². The lowest BCUT2D eigenvalue weighted by Crippen LogP contribution is -2.53. The Morgan fingerprint density at radius 1 is 0.295 bits per heavy atom. The van der Waals surface area contributed by atoms with E-state index in [1.165, 1.54) is 0 Å². The highest BCUT2D eigenvalue weighted by Gasteiger charge is 2.38. The Balaban J connectivity index is 0.000000720. The second kappa shape index (κ2) is 41.7. The lowest BCUT2D eigenvalue weighted by atomic mass is 10.1. The molecule has 0 saturated carbocycles. The number of imide groups is 1. The molecule has 0 aromatic rings. The number of aliphatic carboxylic acids is 1. The molecule has 0 aliphatic carbocycles. The summed E-state index contributed by atoms with van der Waals surface area (Å²) in [6.45, 7) is 47.6. The Labute approximate surface area is 624 Å². The first kappa shape index (κ1) is 94.6. The van der Waals surface area contributed by atoms with Gasteiger partial charge in [0.15, 0.2) is 0 Å². The highest BCUT2D eigenvalue weighted by molar-refractivity contribution is 6.01. The van der Waals surface area contributed by atoms with E-state index in [2.05, 4.69) is 0 Å². The average Bonchev–Trinajstić information content (AvgIpc) is 1.70. The van der Waals surface area contributed by atoms with Crippen molar-refractivity contribution in [2.75, 3.05) is 144 Å². The summed E-state index contributed by atoms with van der Waals surface area (Å²) in [7, 11) is 0. The summed E-state index contributed by atoms with van der Waals surface area (Å²) in [5, 5.41) is 9.98. The molecule has 31 nitrogen and oxygen atoms in total. The number of rotatable bonds is 23. The zero-order valence-electron chi connectivity index (χ0n) is 68.0. The fraction of sp³-hybridized carbons (Fsp3) is 0.838. The van der Waals surface area contributed by atoms with Gasteiger partial charge in [0, 0.05) is 124 Å². The van der Waals surface area contributed by atoms with Crippen molar-refractivity contribution in [2.24, 2.45) is 0 Å². The maximum Gasteiger partial charge on any atom is 0.333 e. The molecule has 1 N–H and O–H groups in total. The van der Waals surface area contributed by atoms with Crippen LogP contribution in [0.3, 0.4) is 0 Å². The Hall–Kier alpha value is -6.48. The third kappa shape index (κ3) is 45.1. The van der Waals surface area contributed by atoms with Crippen molar-refractivity contribution in [3.05, 3.63) is 0 Å². The largest absolute Gasteiger partial charge is 0.481 e. The minimum absolute atomic E-state index is 0.0137. The van der Waals surface area contributed by atoms with Gasteiger partial charge in [0.05, 0.1) is 45.7 Å². The van der Waals surface area contributed by atoms with Gasteiger partial charge in [-0.05, 0) is 179 Å². The van der Waals surface area contributed by atoms with Crippen LogP contribution in [0, 0.1) is 0 Å². The van der Waals surface area contributed by atoms with Crippen molar-refractivity contribution in [1.82, 2.24) is 44.3 Å². The molecular weight excluding hydrogens is 1370 g/mol. The number of hydroxylamine groups is 2. The monoisotopic (exact) mass is 1500 g/mol. The van der Waals surface area contributed by atoms with Crippen LogP contribution >= 0.6 is 0 Å². The Morgan fingerprint density at radius 3 is 0.676 bits per heavy atom. The van der Waals surface area contributed by atoms with E-state index in [-0.39, 0.29) is 110 Å². The average molecular weight is 1500 g/mol. The van der Waals surface area contributed by atoms with Crippen LogP contribution in [0.4, 0.5) is 0 Å². The molecule has 604 valence electrons. The number of carbonyl (C=O) groups is 12. The van der Waals surface area contributed by atoms with Gasteiger partial charge in [0.25, 0.3) is 11.8 Å². The maximum atomic E-state index is 13.9. The highest BCUT2D eigenvalue weighted by Crippen LogP contribution is 2.22. The summed E-state index contributed by atoms with van der Waals surface area (Å²) in [4.78, 5) is 175. The lowest BCUT2D eigenvalue weighted by Gasteiger charge is -2.37. The maximum absolute atomic E-state index is 13.9. The van der Waals surface area contributed by atoms with Gasteiger partial charge in [-0.25, -0.2) is 4.79 Å². The number of hydrogen-bond donors (Lipinski definition) is 1. The molecule has 3 aliphatic heterocycles. The van der Waals surface area contributed by atoms with Gasteiger partial charge in [-0.3, -0.25) is 91.9 Å². The van der Waals surface area contributed by atoms with E-state index in [1.54, 1.807) is 166 Å². The minimum atomic E-state index is -1.04. The first-order chi connectivity index (χ1) is 47.8. The third-order valence-electron chi connectivity index (χ3n) is 15.1. The minimum Gasteiger partial charge on any atom is -0.481 e. The van der Waals surface area contributed by atoms with Crippen LogP contribution in [0.5, 0.6) is 0 Å². The molecule has 0 spiro atoms. The van der Waals surface area contributed by atoms with Gasteiger partial charge in [-0.1, -0.05) is 0 Å². The van der Waals surface area contributed by atoms with Gasteiger partial charge in [0.1, 0.15) is 56.9 Å². The Morgan fingerprint density at radius 2 is 0.486 bits per heavy atom. The van der Waals surface area contributed by atoms with Gasteiger partial charge >= 0.3 is 59.7 Å². The van der Waals surface area contributed by atoms with Gasteiger partial charge in [0.2, 0.25) is 0 Å². The van der Waals surface area contributed by atoms with Crippen molar-refractivity contribution in [1.29, 1.82) is 0 Å². The summed E-state index contributed by atoms with van der Waals surface area (Å²) in [5.41, 5.74) is -5.85. The van der Waals surface area contributed by atoms with E-state index in [4.69, 9.17) is 42.7 Å². The second-order valence-electron chi connectivity index (χ2n) is 34.9. The topological polar surface area (TPSA) is 337 Å². The van der Waals surface area contributed by atoms with Crippen molar-refractivity contribution in [2.45, 2.75) is 262 Å². The lowest BCUT2D eigenvalue weighted by molar-refractivity contribution is -0.197. The van der Waals surface area contributed by atoms with Crippen molar-refractivity contribution < 1.29 is 105 Å². The van der Waals surface area contributed by atoms with Crippen LogP contribution in [0.1, 0.15) is 205 Å². The molecular formula is C74H131N9O22. The van der Waals surface area contributed by atoms with E-state index >= 15 is 0 Å². The quantitative estimate of drug-likeness (QED) is 0.0786. The SMILES string of the molecule is CC(C)(C)OC(=O)CN1CCN(CC(=O)OC(C)(C)C)CCN([C@H](CCC(=O)O)C(=O)OC(C)(C)C)CCN(CC(=O)OC(C)(C)C)CC1.CC(C)(C)OC(=O)CN1CCN(CC(=O)OC(C)(C)C)CCN([C@H](CCC(=O)ON2C(=O)CCC2=O)C(=O)OC(C)(C)C)CCN(CC(=O)OC(C)(C)C)CC1. The predicted octanol–water partition coefficient (Wildman–Crippen LogP) is 5.14. The second-order valence-corrected chi connectivity index (χ2v) is 34.9. The standard InChI is InChI=1S/C39H67N5O12.C35H64N4O10/c1-36(2,3)52-32(48)25-40-17-19-41(26-33(49)53-37(4,5)6)21-23-43(24-22-42(20-18-40)27-34(50)54-38(7,8)9)28(35(51)55-39(10,11)12)13-16-31(47)56-44-29(45)14-15-30(44)46;1-32(2,3)46-28(42)23-36-15-17-37(24-29(43)47-33(4,5)6)19-21-39(26(13-14-27(40)41)31(45)49-35(10,11)12)22-20-38(18-16-36)25-30(44)48-34(7,8)9/h28H,13-27H2,1-12H3;26H,13-25H2,1-12H3,(H,40,41)/t28-;26-/m11/s1. The van der Waals surface area contributed by atoms with Crippen molar-refractivity contribution in [3.63, 3.8) is 0 Å². The summed E-state index contributed by atoms with van der Waals surface area (Å²) in [6, 6.07) is -1.88. The number of amides is 2. The highest BCUT2D eigenvalue weighted by atomic mass is 16.7. The number of esters is 8. The molecule has 0 radical (unpaired) electrons. The molecule has 0 aromatic carbocycles. The Bertz CT molecular complexity index is 2760. The van der Waals surface area contributed by atoms with Crippen molar-refractivity contribution in [3.8, 4) is 0 Å². The van der Waals surface area contributed by atoms with E-state index in [0.29, 0.717) is 83.6 Å². The van der Waals surface area contributed by atoms with Crippen LogP contribution in [-0.4, -0.2) is 322 Å². The molecule has 0 aromatic heterocycles.